The van der Waals surface area contributed by atoms with Gasteiger partial charge in [-0.25, -0.2) is 0 Å². The Bertz CT molecular complexity index is 293. The average Bonchev–Trinajstić information content (AvgIpc) is 2.29. The molecular formula is C15H25N. The summed E-state index contributed by atoms with van der Waals surface area (Å²) >= 11 is 0. The minimum Gasteiger partial charge on any atom is -0.310 e. The lowest BCUT2D eigenvalue weighted by Gasteiger charge is -2.16. The Morgan fingerprint density at radius 2 is 1.88 bits per heavy atom. The third-order valence-corrected chi connectivity index (χ3v) is 3.14. The Morgan fingerprint density at radius 3 is 2.56 bits per heavy atom. The van der Waals surface area contributed by atoms with Gasteiger partial charge in [0.1, 0.15) is 0 Å². The van der Waals surface area contributed by atoms with Gasteiger partial charge >= 0.3 is 0 Å². The maximum atomic E-state index is 3.60. The molecule has 0 amide bonds. The lowest BCUT2D eigenvalue weighted by molar-refractivity contribution is 0.535. The number of hydrogen-bond donors (Lipinski definition) is 1. The van der Waals surface area contributed by atoms with Crippen molar-refractivity contribution in [2.24, 2.45) is 0 Å². The molecule has 0 fully saturated rings. The zero-order valence-corrected chi connectivity index (χ0v) is 10.9. The largest absolute Gasteiger partial charge is 0.310 e. The fourth-order valence-corrected chi connectivity index (χ4v) is 2.05. The van der Waals surface area contributed by atoms with Crippen molar-refractivity contribution in [2.45, 2.75) is 52.5 Å². The molecule has 1 rings (SSSR count). The molecule has 1 aromatic rings. The molecular weight excluding hydrogens is 194 g/mol. The maximum absolute atomic E-state index is 3.60. The van der Waals surface area contributed by atoms with Gasteiger partial charge < -0.3 is 5.32 Å². The lowest BCUT2D eigenvalue weighted by Crippen LogP contribution is -2.20. The monoisotopic (exact) mass is 219 g/mol. The van der Waals surface area contributed by atoms with E-state index in [0.29, 0.717) is 6.04 Å². The molecule has 0 spiro atoms. The van der Waals surface area contributed by atoms with Gasteiger partial charge in [0.2, 0.25) is 0 Å². The predicted octanol–water partition coefficient (Wildman–Crippen LogP) is 4.23. The second kappa shape index (κ2) is 7.45. The van der Waals surface area contributed by atoms with Crippen molar-refractivity contribution in [3.8, 4) is 0 Å². The molecule has 1 nitrogen and oxygen atoms in total. The van der Waals surface area contributed by atoms with E-state index >= 15 is 0 Å². The molecule has 0 bridgehead atoms. The first-order valence-corrected chi connectivity index (χ1v) is 6.54. The fraction of sp³-hybridized carbons (Fsp3) is 0.600. The molecule has 0 aliphatic rings. The van der Waals surface area contributed by atoms with Crippen LogP contribution in [-0.2, 0) is 0 Å². The topological polar surface area (TPSA) is 12.0 Å². The summed E-state index contributed by atoms with van der Waals surface area (Å²) in [6.07, 6.45) is 5.32. The first-order chi connectivity index (χ1) is 7.75. The van der Waals surface area contributed by atoms with E-state index in [9.17, 15) is 0 Å². The normalized spacial score (nSPS) is 12.7. The Morgan fingerprint density at radius 1 is 1.12 bits per heavy atom. The molecule has 0 aliphatic carbocycles. The van der Waals surface area contributed by atoms with Crippen molar-refractivity contribution < 1.29 is 0 Å². The number of rotatable bonds is 7. The van der Waals surface area contributed by atoms with Gasteiger partial charge in [-0.3, -0.25) is 0 Å². The van der Waals surface area contributed by atoms with Gasteiger partial charge in [-0.2, -0.15) is 0 Å². The van der Waals surface area contributed by atoms with Crippen LogP contribution < -0.4 is 5.32 Å². The summed E-state index contributed by atoms with van der Waals surface area (Å²) in [5, 5.41) is 3.60. The van der Waals surface area contributed by atoms with Crippen molar-refractivity contribution >= 4 is 0 Å². The number of hydrogen-bond acceptors (Lipinski definition) is 1. The van der Waals surface area contributed by atoms with Crippen LogP contribution in [0.3, 0.4) is 0 Å². The standard InChI is InChI=1S/C15H25N/c1-4-5-6-9-12-16-14(3)15-11-8-7-10-13(15)2/h7-8,10-11,14,16H,4-6,9,12H2,1-3H3/t14-/m1/s1. The molecule has 16 heavy (non-hydrogen) atoms. The number of aryl methyl sites for hydroxylation is 1. The second-order valence-corrected chi connectivity index (χ2v) is 4.59. The number of nitrogens with one attached hydrogen (secondary N) is 1. The van der Waals surface area contributed by atoms with Gasteiger partial charge in [-0.05, 0) is 37.9 Å². The molecule has 1 heteroatoms. The Kier molecular flexibility index (Phi) is 6.17. The van der Waals surface area contributed by atoms with E-state index in [0.717, 1.165) is 6.54 Å². The average molecular weight is 219 g/mol. The number of benzene rings is 1. The first kappa shape index (κ1) is 13.2. The SMILES string of the molecule is CCCCCCN[C@H](C)c1ccccc1C. The summed E-state index contributed by atoms with van der Waals surface area (Å²) in [5.74, 6) is 0. The van der Waals surface area contributed by atoms with Crippen LogP contribution in [0.4, 0.5) is 0 Å². The lowest BCUT2D eigenvalue weighted by atomic mass is 10.0. The van der Waals surface area contributed by atoms with E-state index in [4.69, 9.17) is 0 Å². The predicted molar refractivity (Wildman–Crippen MR) is 71.7 cm³/mol. The summed E-state index contributed by atoms with van der Waals surface area (Å²) in [4.78, 5) is 0. The highest BCUT2D eigenvalue weighted by atomic mass is 14.9. The third kappa shape index (κ3) is 4.36. The van der Waals surface area contributed by atoms with E-state index < -0.39 is 0 Å². The smallest absolute Gasteiger partial charge is 0.0294 e. The summed E-state index contributed by atoms with van der Waals surface area (Å²) in [7, 11) is 0. The van der Waals surface area contributed by atoms with Gasteiger partial charge in [0.15, 0.2) is 0 Å². The zero-order valence-electron chi connectivity index (χ0n) is 10.9. The second-order valence-electron chi connectivity index (χ2n) is 4.59. The van der Waals surface area contributed by atoms with E-state index in [1.807, 2.05) is 0 Å². The van der Waals surface area contributed by atoms with Crippen molar-refractivity contribution in [1.82, 2.24) is 5.32 Å². The van der Waals surface area contributed by atoms with Gasteiger partial charge in [0.25, 0.3) is 0 Å². The van der Waals surface area contributed by atoms with E-state index in [1.54, 1.807) is 0 Å². The minimum absolute atomic E-state index is 0.475. The molecule has 1 aromatic carbocycles. The molecule has 1 atom stereocenters. The summed E-state index contributed by atoms with van der Waals surface area (Å²) < 4.78 is 0. The molecule has 0 saturated heterocycles. The molecule has 1 N–H and O–H groups in total. The quantitative estimate of drug-likeness (QED) is 0.677. The van der Waals surface area contributed by atoms with Crippen LogP contribution >= 0.6 is 0 Å². The van der Waals surface area contributed by atoms with Crippen LogP contribution in [0.2, 0.25) is 0 Å². The van der Waals surface area contributed by atoms with Crippen molar-refractivity contribution in [3.05, 3.63) is 35.4 Å². The minimum atomic E-state index is 0.475. The molecule has 0 aromatic heterocycles. The van der Waals surface area contributed by atoms with Crippen LogP contribution in [0.5, 0.6) is 0 Å². The highest BCUT2D eigenvalue weighted by molar-refractivity contribution is 5.28. The molecule has 0 unspecified atom stereocenters. The molecule has 90 valence electrons. The van der Waals surface area contributed by atoms with E-state index in [1.165, 1.54) is 36.8 Å². The van der Waals surface area contributed by atoms with Crippen molar-refractivity contribution in [1.29, 1.82) is 0 Å². The van der Waals surface area contributed by atoms with Crippen LogP contribution in [0.25, 0.3) is 0 Å². The van der Waals surface area contributed by atoms with Crippen LogP contribution in [0, 0.1) is 6.92 Å². The molecule has 0 aliphatic heterocycles. The van der Waals surface area contributed by atoms with Crippen LogP contribution in [-0.4, -0.2) is 6.54 Å². The van der Waals surface area contributed by atoms with Crippen LogP contribution in [0.15, 0.2) is 24.3 Å². The third-order valence-electron chi connectivity index (χ3n) is 3.14. The van der Waals surface area contributed by atoms with E-state index in [2.05, 4.69) is 50.4 Å². The van der Waals surface area contributed by atoms with Crippen molar-refractivity contribution in [2.75, 3.05) is 6.54 Å². The highest BCUT2D eigenvalue weighted by Gasteiger charge is 2.05. The first-order valence-electron chi connectivity index (χ1n) is 6.54. The fourth-order valence-electron chi connectivity index (χ4n) is 2.05. The Hall–Kier alpha value is -0.820. The van der Waals surface area contributed by atoms with Gasteiger partial charge in [-0.15, -0.1) is 0 Å². The molecule has 0 saturated carbocycles. The Labute approximate surface area is 100 Å². The number of unbranched alkanes of at least 4 members (excludes halogenated alkanes) is 3. The highest BCUT2D eigenvalue weighted by Crippen LogP contribution is 2.16. The van der Waals surface area contributed by atoms with Gasteiger partial charge in [0, 0.05) is 6.04 Å². The Balaban J connectivity index is 2.30. The molecule has 0 heterocycles. The van der Waals surface area contributed by atoms with E-state index in [-0.39, 0.29) is 0 Å². The van der Waals surface area contributed by atoms with Crippen molar-refractivity contribution in [3.63, 3.8) is 0 Å². The summed E-state index contributed by atoms with van der Waals surface area (Å²) in [5.41, 5.74) is 2.81. The summed E-state index contributed by atoms with van der Waals surface area (Å²) in [6.45, 7) is 7.83. The molecule has 0 radical (unpaired) electrons. The van der Waals surface area contributed by atoms with Crippen LogP contribution in [0.1, 0.15) is 56.7 Å². The summed E-state index contributed by atoms with van der Waals surface area (Å²) in [6, 6.07) is 9.11. The maximum Gasteiger partial charge on any atom is 0.0294 e. The zero-order chi connectivity index (χ0) is 11.8. The van der Waals surface area contributed by atoms with Gasteiger partial charge in [-0.1, -0.05) is 50.5 Å². The van der Waals surface area contributed by atoms with Gasteiger partial charge in [0.05, 0.1) is 0 Å².